The maximum Gasteiger partial charge on any atom is 0.246 e. The van der Waals surface area contributed by atoms with E-state index in [1.165, 1.54) is 14.7 Å². The normalized spacial score (nSPS) is 17.9. The highest BCUT2D eigenvalue weighted by Crippen LogP contribution is 2.23. The molecule has 2 fully saturated rings. The maximum atomic E-state index is 13.8. The monoisotopic (exact) mass is 617 g/mol. The van der Waals surface area contributed by atoms with Gasteiger partial charge in [-0.2, -0.15) is 0 Å². The Morgan fingerprint density at radius 3 is 2.43 bits per heavy atom. The molecule has 2 aromatic rings. The molecule has 0 saturated carbocycles. The highest BCUT2D eigenvalue weighted by molar-refractivity contribution is 6.35. The van der Waals surface area contributed by atoms with Crippen molar-refractivity contribution >= 4 is 46.8 Å². The summed E-state index contributed by atoms with van der Waals surface area (Å²) < 4.78 is 5.41. The lowest BCUT2D eigenvalue weighted by Crippen LogP contribution is -2.61. The van der Waals surface area contributed by atoms with Crippen LogP contribution in [0.1, 0.15) is 24.0 Å². The van der Waals surface area contributed by atoms with Crippen molar-refractivity contribution in [2.24, 2.45) is 5.73 Å². The number of amides is 4. The summed E-state index contributed by atoms with van der Waals surface area (Å²) in [5.41, 5.74) is 7.09. The van der Waals surface area contributed by atoms with E-state index in [2.05, 4.69) is 4.90 Å². The van der Waals surface area contributed by atoms with Gasteiger partial charge in [-0.25, -0.2) is 0 Å². The molecule has 2 heterocycles. The van der Waals surface area contributed by atoms with Crippen molar-refractivity contribution in [1.82, 2.24) is 19.6 Å². The topological polar surface area (TPSA) is 116 Å². The Morgan fingerprint density at radius 1 is 1.00 bits per heavy atom. The number of morpholine rings is 1. The van der Waals surface area contributed by atoms with Crippen LogP contribution in [-0.2, 0) is 36.9 Å². The van der Waals surface area contributed by atoms with Gasteiger partial charge in [0.2, 0.25) is 23.6 Å². The van der Waals surface area contributed by atoms with E-state index in [4.69, 9.17) is 33.7 Å². The highest BCUT2D eigenvalue weighted by Gasteiger charge is 2.41. The van der Waals surface area contributed by atoms with Gasteiger partial charge in [0.25, 0.3) is 0 Å². The molecule has 2 aromatic carbocycles. The Morgan fingerprint density at radius 2 is 1.74 bits per heavy atom. The van der Waals surface area contributed by atoms with Crippen molar-refractivity contribution in [1.29, 1.82) is 0 Å². The summed E-state index contributed by atoms with van der Waals surface area (Å²) >= 11 is 12.4. The van der Waals surface area contributed by atoms with Gasteiger partial charge in [-0.3, -0.25) is 24.1 Å². The van der Waals surface area contributed by atoms with Crippen LogP contribution in [0.3, 0.4) is 0 Å². The van der Waals surface area contributed by atoms with Gasteiger partial charge in [0.1, 0.15) is 6.04 Å². The fraction of sp³-hybridized carbons (Fsp3) is 0.467. The van der Waals surface area contributed by atoms with E-state index in [1.807, 2.05) is 30.3 Å². The number of nitrogens with two attached hydrogens (primary N) is 1. The molecule has 12 heteroatoms. The highest BCUT2D eigenvalue weighted by atomic mass is 35.5. The number of piperazine rings is 1. The smallest absolute Gasteiger partial charge is 0.246 e. The second-order valence-electron chi connectivity index (χ2n) is 10.6. The Labute approximate surface area is 256 Å². The van der Waals surface area contributed by atoms with Crippen LogP contribution >= 0.6 is 23.2 Å². The SMILES string of the molecule is NC(=O)CN(Cc1ccccc1)C(=O)CC1C(=O)N(CCc2ccc(Cl)cc2Cl)CC(=O)N1CCCN1CCOCC1. The van der Waals surface area contributed by atoms with Gasteiger partial charge in [-0.15, -0.1) is 0 Å². The van der Waals surface area contributed by atoms with E-state index >= 15 is 0 Å². The van der Waals surface area contributed by atoms with Crippen LogP contribution in [0, 0.1) is 0 Å². The first-order valence-corrected chi connectivity index (χ1v) is 14.9. The summed E-state index contributed by atoms with van der Waals surface area (Å²) in [4.78, 5) is 59.3. The number of hydrogen-bond acceptors (Lipinski definition) is 6. The second kappa shape index (κ2) is 15.3. The Hall–Kier alpha value is -3.18. The predicted molar refractivity (Wildman–Crippen MR) is 160 cm³/mol. The van der Waals surface area contributed by atoms with E-state index in [0.717, 1.165) is 30.8 Å². The van der Waals surface area contributed by atoms with Crippen LogP contribution < -0.4 is 5.73 Å². The molecule has 0 radical (unpaired) electrons. The van der Waals surface area contributed by atoms with Gasteiger partial charge in [0, 0.05) is 49.3 Å². The lowest BCUT2D eigenvalue weighted by molar-refractivity contribution is -0.158. The number of carbonyl (C=O) groups is 4. The van der Waals surface area contributed by atoms with Gasteiger partial charge < -0.3 is 25.2 Å². The van der Waals surface area contributed by atoms with Gasteiger partial charge in [0.05, 0.1) is 32.7 Å². The number of benzene rings is 2. The molecule has 226 valence electrons. The van der Waals surface area contributed by atoms with Gasteiger partial charge in [0.15, 0.2) is 0 Å². The predicted octanol–water partition coefficient (Wildman–Crippen LogP) is 2.20. The van der Waals surface area contributed by atoms with Crippen molar-refractivity contribution in [2.75, 3.05) is 59.0 Å². The van der Waals surface area contributed by atoms with Crippen molar-refractivity contribution in [2.45, 2.75) is 31.8 Å². The molecule has 10 nitrogen and oxygen atoms in total. The van der Waals surface area contributed by atoms with Gasteiger partial charge in [-0.1, -0.05) is 59.6 Å². The van der Waals surface area contributed by atoms with E-state index in [1.54, 1.807) is 18.2 Å². The molecule has 0 bridgehead atoms. The average Bonchev–Trinajstić information content (AvgIpc) is 2.96. The van der Waals surface area contributed by atoms with Crippen LogP contribution in [-0.4, -0.2) is 108 Å². The summed E-state index contributed by atoms with van der Waals surface area (Å²) in [6, 6.07) is 13.4. The molecule has 2 aliphatic heterocycles. The Balaban J connectivity index is 1.49. The van der Waals surface area contributed by atoms with Crippen molar-refractivity contribution in [3.63, 3.8) is 0 Å². The maximum absolute atomic E-state index is 13.8. The summed E-state index contributed by atoms with van der Waals surface area (Å²) in [5, 5.41) is 0.994. The molecule has 42 heavy (non-hydrogen) atoms. The van der Waals surface area contributed by atoms with Crippen LogP contribution in [0.2, 0.25) is 10.0 Å². The first-order valence-electron chi connectivity index (χ1n) is 14.1. The quantitative estimate of drug-likeness (QED) is 0.368. The third-order valence-electron chi connectivity index (χ3n) is 7.55. The molecule has 2 aliphatic rings. The number of halogens is 2. The zero-order chi connectivity index (χ0) is 30.1. The van der Waals surface area contributed by atoms with Crippen LogP contribution in [0.4, 0.5) is 0 Å². The third kappa shape index (κ3) is 8.91. The first kappa shape index (κ1) is 31.7. The van der Waals surface area contributed by atoms with E-state index in [9.17, 15) is 19.2 Å². The Kier molecular flexibility index (Phi) is 11.6. The molecule has 2 saturated heterocycles. The second-order valence-corrected chi connectivity index (χ2v) is 11.4. The number of primary amides is 1. The van der Waals surface area contributed by atoms with Crippen molar-refractivity contribution in [3.05, 3.63) is 69.7 Å². The zero-order valence-electron chi connectivity index (χ0n) is 23.6. The van der Waals surface area contributed by atoms with E-state index in [-0.39, 0.29) is 44.4 Å². The number of rotatable bonds is 13. The summed E-state index contributed by atoms with van der Waals surface area (Å²) in [7, 11) is 0. The summed E-state index contributed by atoms with van der Waals surface area (Å²) in [5.74, 6) is -1.61. The van der Waals surface area contributed by atoms with Crippen LogP contribution in [0.15, 0.2) is 48.5 Å². The molecule has 0 spiro atoms. The van der Waals surface area contributed by atoms with Gasteiger partial charge >= 0.3 is 0 Å². The van der Waals surface area contributed by atoms with Crippen LogP contribution in [0.5, 0.6) is 0 Å². The number of ether oxygens (including phenoxy) is 1. The fourth-order valence-electron chi connectivity index (χ4n) is 5.31. The molecule has 4 rings (SSSR count). The minimum absolute atomic E-state index is 0.0820. The number of hydrogen-bond donors (Lipinski definition) is 1. The molecule has 0 aliphatic carbocycles. The van der Waals surface area contributed by atoms with E-state index < -0.39 is 17.9 Å². The summed E-state index contributed by atoms with van der Waals surface area (Å²) in [6.07, 6.45) is 0.827. The lowest BCUT2D eigenvalue weighted by atomic mass is 10.0. The first-order chi connectivity index (χ1) is 20.2. The Bertz CT molecular complexity index is 1260. The minimum Gasteiger partial charge on any atom is -0.379 e. The standard InChI is InChI=1S/C30H37Cl2N5O5/c31-24-8-7-23(25(32)17-24)9-12-35-21-29(40)37(11-4-10-34-13-15-42-16-14-34)26(30(35)41)18-28(39)36(20-27(33)38)19-22-5-2-1-3-6-22/h1-3,5-8,17,26H,4,9-16,18-21H2,(H2,33,38). The van der Waals surface area contributed by atoms with Gasteiger partial charge in [-0.05, 0) is 36.1 Å². The van der Waals surface area contributed by atoms with Crippen molar-refractivity contribution in [3.8, 4) is 0 Å². The van der Waals surface area contributed by atoms with Crippen molar-refractivity contribution < 1.29 is 23.9 Å². The number of carbonyl (C=O) groups excluding carboxylic acids is 4. The van der Waals surface area contributed by atoms with E-state index in [0.29, 0.717) is 42.6 Å². The molecular weight excluding hydrogens is 581 g/mol. The minimum atomic E-state index is -0.990. The molecule has 1 unspecified atom stereocenters. The number of nitrogens with zero attached hydrogens (tertiary/aromatic N) is 4. The average molecular weight is 619 g/mol. The summed E-state index contributed by atoms with van der Waals surface area (Å²) in [6.45, 7) is 4.10. The van der Waals surface area contributed by atoms with Crippen LogP contribution in [0.25, 0.3) is 0 Å². The zero-order valence-corrected chi connectivity index (χ0v) is 25.1. The molecule has 0 aromatic heterocycles. The molecule has 4 amide bonds. The molecular formula is C30H37Cl2N5O5. The third-order valence-corrected chi connectivity index (χ3v) is 8.13. The lowest BCUT2D eigenvalue weighted by Gasteiger charge is -2.41. The largest absolute Gasteiger partial charge is 0.379 e. The molecule has 2 N–H and O–H groups in total. The molecule has 1 atom stereocenters. The fourth-order valence-corrected chi connectivity index (χ4v) is 5.81.